The van der Waals surface area contributed by atoms with E-state index in [1.807, 2.05) is 24.3 Å². The normalized spacial score (nSPS) is 11.0. The van der Waals surface area contributed by atoms with Crippen molar-refractivity contribution in [1.29, 1.82) is 0 Å². The predicted molar refractivity (Wildman–Crippen MR) is 126 cm³/mol. The molecule has 3 nitrogen and oxygen atoms in total. The van der Waals surface area contributed by atoms with Gasteiger partial charge in [-0.2, -0.15) is 0 Å². The fourth-order valence-corrected chi connectivity index (χ4v) is 3.94. The zero-order chi connectivity index (χ0) is 21.7. The van der Waals surface area contributed by atoms with Gasteiger partial charge in [-0.3, -0.25) is 4.79 Å². The van der Waals surface area contributed by atoms with E-state index in [4.69, 9.17) is 44.3 Å². The maximum absolute atomic E-state index is 12.5. The van der Waals surface area contributed by atoms with Crippen LogP contribution >= 0.6 is 50.7 Å². The Labute approximate surface area is 198 Å². The van der Waals surface area contributed by atoms with Crippen molar-refractivity contribution in [1.82, 2.24) is 0 Å². The van der Waals surface area contributed by atoms with Gasteiger partial charge in [-0.1, -0.05) is 62.9 Å². The van der Waals surface area contributed by atoms with E-state index < -0.39 is 0 Å². The summed E-state index contributed by atoms with van der Waals surface area (Å²) in [5.41, 5.74) is 2.02. The second kappa shape index (κ2) is 10.4. The molecule has 3 rings (SSSR count). The van der Waals surface area contributed by atoms with Crippen LogP contribution in [-0.2, 0) is 6.61 Å². The Kier molecular flexibility index (Phi) is 7.84. The van der Waals surface area contributed by atoms with E-state index in [2.05, 4.69) is 15.9 Å². The monoisotopic (exact) mass is 524 g/mol. The Morgan fingerprint density at radius 1 is 0.967 bits per heavy atom. The summed E-state index contributed by atoms with van der Waals surface area (Å²) in [5.74, 6) is 1.02. The molecule has 3 aromatic carbocycles. The van der Waals surface area contributed by atoms with Crippen molar-refractivity contribution in [3.63, 3.8) is 0 Å². The number of rotatable bonds is 7. The van der Waals surface area contributed by atoms with Crippen molar-refractivity contribution in [3.05, 3.63) is 96.9 Å². The van der Waals surface area contributed by atoms with Crippen molar-refractivity contribution in [2.24, 2.45) is 0 Å². The van der Waals surface area contributed by atoms with E-state index in [1.54, 1.807) is 43.5 Å². The standard InChI is InChI=1S/C23H16BrCl3O3/c1-29-22-8-3-14(2-7-21(28)18-6-5-17(25)12-19(18)26)10-15(22)13-30-23-9-4-16(24)11-20(23)27/h2-12H,13H2,1H3/b7-2+. The third-order valence-electron chi connectivity index (χ3n) is 4.21. The van der Waals surface area contributed by atoms with Crippen LogP contribution in [0.25, 0.3) is 6.08 Å². The topological polar surface area (TPSA) is 35.5 Å². The van der Waals surface area contributed by atoms with Gasteiger partial charge < -0.3 is 9.47 Å². The molecule has 154 valence electrons. The predicted octanol–water partition coefficient (Wildman–Crippen LogP) is 7.89. The highest BCUT2D eigenvalue weighted by Crippen LogP contribution is 2.30. The lowest BCUT2D eigenvalue weighted by Crippen LogP contribution is -2.00. The first-order valence-corrected chi connectivity index (χ1v) is 10.7. The van der Waals surface area contributed by atoms with Gasteiger partial charge in [0.2, 0.25) is 0 Å². The number of carbonyl (C=O) groups excluding carboxylic acids is 1. The molecule has 7 heteroatoms. The Morgan fingerprint density at radius 3 is 2.43 bits per heavy atom. The van der Waals surface area contributed by atoms with Gasteiger partial charge in [0.1, 0.15) is 18.1 Å². The van der Waals surface area contributed by atoms with Crippen molar-refractivity contribution >= 4 is 62.6 Å². The van der Waals surface area contributed by atoms with Gasteiger partial charge in [-0.05, 0) is 60.2 Å². The van der Waals surface area contributed by atoms with Crippen LogP contribution in [0.15, 0.2) is 65.1 Å². The second-order valence-corrected chi connectivity index (χ2v) is 8.42. The van der Waals surface area contributed by atoms with Crippen LogP contribution < -0.4 is 9.47 Å². The molecule has 0 heterocycles. The number of carbonyl (C=O) groups is 1. The number of methoxy groups -OCH3 is 1. The highest BCUT2D eigenvalue weighted by atomic mass is 79.9. The molecule has 0 aromatic heterocycles. The summed E-state index contributed by atoms with van der Waals surface area (Å²) < 4.78 is 12.1. The summed E-state index contributed by atoms with van der Waals surface area (Å²) in [6, 6.07) is 15.7. The van der Waals surface area contributed by atoms with Gasteiger partial charge in [-0.25, -0.2) is 0 Å². The van der Waals surface area contributed by atoms with Gasteiger partial charge in [0.25, 0.3) is 0 Å². The lowest BCUT2D eigenvalue weighted by atomic mass is 10.1. The van der Waals surface area contributed by atoms with E-state index in [0.29, 0.717) is 32.1 Å². The summed E-state index contributed by atoms with van der Waals surface area (Å²) in [6.45, 7) is 0.253. The molecule has 3 aromatic rings. The van der Waals surface area contributed by atoms with Gasteiger partial charge in [0.15, 0.2) is 5.78 Å². The summed E-state index contributed by atoms with van der Waals surface area (Å²) in [4.78, 5) is 12.5. The zero-order valence-electron chi connectivity index (χ0n) is 15.8. The minimum absolute atomic E-state index is 0.216. The second-order valence-electron chi connectivity index (χ2n) is 6.26. The lowest BCUT2D eigenvalue weighted by Gasteiger charge is -2.12. The van der Waals surface area contributed by atoms with Gasteiger partial charge in [-0.15, -0.1) is 0 Å². The first kappa shape index (κ1) is 22.7. The first-order chi connectivity index (χ1) is 14.4. The number of ketones is 1. The summed E-state index contributed by atoms with van der Waals surface area (Å²) in [7, 11) is 1.59. The Hall–Kier alpha value is -1.98. The molecule has 30 heavy (non-hydrogen) atoms. The van der Waals surface area contributed by atoms with Crippen LogP contribution in [-0.4, -0.2) is 12.9 Å². The highest BCUT2D eigenvalue weighted by molar-refractivity contribution is 9.10. The molecule has 0 unspecified atom stereocenters. The molecular weight excluding hydrogens is 511 g/mol. The average molecular weight is 527 g/mol. The molecule has 0 bridgehead atoms. The smallest absolute Gasteiger partial charge is 0.187 e. The third-order valence-corrected chi connectivity index (χ3v) is 5.54. The summed E-state index contributed by atoms with van der Waals surface area (Å²) in [5, 5.41) is 1.29. The van der Waals surface area contributed by atoms with E-state index in [-0.39, 0.29) is 12.4 Å². The molecule has 0 amide bonds. The van der Waals surface area contributed by atoms with Crippen molar-refractivity contribution in [2.75, 3.05) is 7.11 Å². The third kappa shape index (κ3) is 5.79. The number of hydrogen-bond donors (Lipinski definition) is 0. The van der Waals surface area contributed by atoms with Crippen molar-refractivity contribution in [3.8, 4) is 11.5 Å². The zero-order valence-corrected chi connectivity index (χ0v) is 19.6. The Bertz CT molecular complexity index is 1110. The molecule has 0 aliphatic heterocycles. The van der Waals surface area contributed by atoms with Crippen LogP contribution in [0.3, 0.4) is 0 Å². The minimum atomic E-state index is -0.216. The van der Waals surface area contributed by atoms with E-state index >= 15 is 0 Å². The number of hydrogen-bond acceptors (Lipinski definition) is 3. The fraction of sp³-hybridized carbons (Fsp3) is 0.0870. The highest BCUT2D eigenvalue weighted by Gasteiger charge is 2.10. The van der Waals surface area contributed by atoms with Crippen molar-refractivity contribution in [2.45, 2.75) is 6.61 Å². The lowest BCUT2D eigenvalue weighted by molar-refractivity contribution is 0.104. The fourth-order valence-electron chi connectivity index (χ4n) is 2.71. The van der Waals surface area contributed by atoms with Gasteiger partial charge in [0, 0.05) is 20.6 Å². The number of allylic oxidation sites excluding steroid dienone is 1. The van der Waals surface area contributed by atoms with Gasteiger partial charge >= 0.3 is 0 Å². The van der Waals surface area contributed by atoms with E-state index in [1.165, 1.54) is 6.08 Å². The van der Waals surface area contributed by atoms with E-state index in [9.17, 15) is 4.79 Å². The molecule has 0 N–H and O–H groups in total. The molecule has 0 fully saturated rings. The van der Waals surface area contributed by atoms with Crippen LogP contribution in [0, 0.1) is 0 Å². The Balaban J connectivity index is 1.78. The molecule has 0 aliphatic carbocycles. The maximum Gasteiger partial charge on any atom is 0.187 e. The molecule has 0 saturated carbocycles. The number of ether oxygens (including phenoxy) is 2. The SMILES string of the molecule is COc1ccc(/C=C/C(=O)c2ccc(Cl)cc2Cl)cc1COc1ccc(Br)cc1Cl. The molecule has 0 aliphatic rings. The largest absolute Gasteiger partial charge is 0.496 e. The Morgan fingerprint density at radius 2 is 1.73 bits per heavy atom. The maximum atomic E-state index is 12.5. The minimum Gasteiger partial charge on any atom is -0.496 e. The van der Waals surface area contributed by atoms with Crippen LogP contribution in [0.4, 0.5) is 0 Å². The summed E-state index contributed by atoms with van der Waals surface area (Å²) >= 11 is 21.6. The quantitative estimate of drug-likeness (QED) is 0.232. The summed E-state index contributed by atoms with van der Waals surface area (Å²) in [6.07, 6.45) is 3.18. The molecule has 0 saturated heterocycles. The van der Waals surface area contributed by atoms with Crippen LogP contribution in [0.2, 0.25) is 15.1 Å². The molecular formula is C23H16BrCl3O3. The van der Waals surface area contributed by atoms with Crippen LogP contribution in [0.5, 0.6) is 11.5 Å². The van der Waals surface area contributed by atoms with Crippen LogP contribution in [0.1, 0.15) is 21.5 Å². The average Bonchev–Trinajstić information content (AvgIpc) is 2.71. The van der Waals surface area contributed by atoms with Crippen molar-refractivity contribution < 1.29 is 14.3 Å². The van der Waals surface area contributed by atoms with E-state index in [0.717, 1.165) is 15.6 Å². The number of benzene rings is 3. The molecule has 0 radical (unpaired) electrons. The molecule has 0 spiro atoms. The molecule has 0 atom stereocenters. The first-order valence-electron chi connectivity index (χ1n) is 8.79. The van der Waals surface area contributed by atoms with Gasteiger partial charge in [0.05, 0.1) is 17.2 Å². The number of halogens is 4.